The molecule has 0 aliphatic heterocycles. The Morgan fingerprint density at radius 1 is 0.292 bits per heavy atom. The molecule has 3 unspecified atom stereocenters. The zero-order chi connectivity index (χ0) is 70.4. The Morgan fingerprint density at radius 3 is 0.812 bits per heavy atom. The highest BCUT2D eigenvalue weighted by Crippen LogP contribution is 2.45. The fourth-order valence-corrected chi connectivity index (χ4v) is 12.3. The van der Waals surface area contributed by atoms with Crippen LogP contribution in [-0.2, 0) is 65.4 Å². The fraction of sp³-hybridized carbons (Fsp3) is 0.844. The van der Waals surface area contributed by atoms with Gasteiger partial charge in [0.05, 0.1) is 26.4 Å². The van der Waals surface area contributed by atoms with Gasteiger partial charge in [-0.1, -0.05) is 275 Å². The van der Waals surface area contributed by atoms with E-state index in [1.54, 1.807) is 0 Å². The molecule has 0 fully saturated rings. The molecule has 0 aliphatic rings. The van der Waals surface area contributed by atoms with Gasteiger partial charge in [-0.2, -0.15) is 0 Å². The molecule has 96 heavy (non-hydrogen) atoms. The molecule has 0 saturated heterocycles. The van der Waals surface area contributed by atoms with E-state index in [1.807, 2.05) is 0 Å². The monoisotopic (exact) mass is 1400 g/mol. The van der Waals surface area contributed by atoms with Gasteiger partial charge in [-0.25, -0.2) is 9.13 Å². The molecule has 0 spiro atoms. The van der Waals surface area contributed by atoms with Crippen molar-refractivity contribution in [3.8, 4) is 0 Å². The van der Waals surface area contributed by atoms with Gasteiger partial charge < -0.3 is 33.8 Å². The van der Waals surface area contributed by atoms with Gasteiger partial charge in [0.2, 0.25) is 0 Å². The van der Waals surface area contributed by atoms with Crippen molar-refractivity contribution in [1.82, 2.24) is 0 Å². The summed E-state index contributed by atoms with van der Waals surface area (Å²) in [5.74, 6) is -2.17. The third-order valence-corrected chi connectivity index (χ3v) is 18.7. The van der Waals surface area contributed by atoms with Crippen molar-refractivity contribution in [2.24, 2.45) is 0 Å². The van der Waals surface area contributed by atoms with Crippen LogP contribution in [0.5, 0.6) is 0 Å². The highest BCUT2D eigenvalue weighted by molar-refractivity contribution is 7.47. The molecule has 17 nitrogen and oxygen atoms in total. The Hall–Kier alpha value is -2.98. The summed E-state index contributed by atoms with van der Waals surface area (Å²) in [4.78, 5) is 72.8. The molecule has 0 aromatic carbocycles. The molecule has 0 aromatic rings. The van der Waals surface area contributed by atoms with Crippen molar-refractivity contribution in [1.29, 1.82) is 0 Å². The number of allylic oxidation sites excluding steroid dienone is 8. The standard InChI is InChI=1S/C77H142O17P2/c1-5-9-13-17-21-25-29-33-35-39-42-46-50-54-58-62-75(80)88-68-73(94-77(82)64-60-56-52-48-44-40-36-34-30-26-22-18-14-10-6-2)70-92-96(85,86)90-66-71(78)65-89-95(83,84)91-69-72(93-76(81)63-59-55-51-47-43-38-32-28-24-20-16-12-8-4)67-87-74(79)61-57-53-49-45-41-37-31-27-23-19-15-11-7-3/h22,26,28,32-36,71-73,78H,5-21,23-25,27,29-31,37-70H2,1-4H3,(H,83,84)(H,85,86)/b26-22-,32-28-,35-33-,36-34-/t71?,72-,73-/m1/s1. The first kappa shape index (κ1) is 93.0. The number of hydrogen-bond donors (Lipinski definition) is 3. The number of phosphoric ester groups is 2. The predicted octanol–water partition coefficient (Wildman–Crippen LogP) is 22.1. The summed E-state index contributed by atoms with van der Waals surface area (Å²) < 4.78 is 68.5. The molecule has 0 radical (unpaired) electrons. The second-order valence-electron chi connectivity index (χ2n) is 26.3. The second kappa shape index (κ2) is 70.5. The molecule has 0 bridgehead atoms. The third kappa shape index (κ3) is 69.5. The summed E-state index contributed by atoms with van der Waals surface area (Å²) in [6, 6.07) is 0. The number of aliphatic hydroxyl groups is 1. The van der Waals surface area contributed by atoms with Gasteiger partial charge in [-0.3, -0.25) is 37.3 Å². The minimum Gasteiger partial charge on any atom is -0.462 e. The average molecular weight is 1400 g/mol. The average Bonchev–Trinajstić information content (AvgIpc) is 1.43. The van der Waals surface area contributed by atoms with Crippen LogP contribution in [0.1, 0.15) is 362 Å². The lowest BCUT2D eigenvalue weighted by molar-refractivity contribution is -0.161. The fourth-order valence-electron chi connectivity index (χ4n) is 10.8. The molecule has 19 heteroatoms. The topological polar surface area (TPSA) is 237 Å². The van der Waals surface area contributed by atoms with Crippen LogP contribution >= 0.6 is 15.6 Å². The van der Waals surface area contributed by atoms with Gasteiger partial charge in [0, 0.05) is 25.7 Å². The van der Waals surface area contributed by atoms with E-state index in [0.717, 1.165) is 141 Å². The van der Waals surface area contributed by atoms with Crippen molar-refractivity contribution in [2.75, 3.05) is 39.6 Å². The van der Waals surface area contributed by atoms with Crippen molar-refractivity contribution >= 4 is 39.5 Å². The maximum absolute atomic E-state index is 13.1. The summed E-state index contributed by atoms with van der Waals surface area (Å²) >= 11 is 0. The Morgan fingerprint density at radius 2 is 0.510 bits per heavy atom. The van der Waals surface area contributed by atoms with Crippen molar-refractivity contribution in [3.05, 3.63) is 48.6 Å². The molecular weight excluding hydrogens is 1260 g/mol. The first-order valence-corrected chi connectivity index (χ1v) is 41.9. The van der Waals surface area contributed by atoms with Crippen molar-refractivity contribution in [3.63, 3.8) is 0 Å². The van der Waals surface area contributed by atoms with Gasteiger partial charge in [-0.15, -0.1) is 0 Å². The molecule has 5 atom stereocenters. The van der Waals surface area contributed by atoms with E-state index in [2.05, 4.69) is 76.3 Å². The molecule has 0 amide bonds. The molecule has 0 aromatic heterocycles. The molecule has 3 N–H and O–H groups in total. The van der Waals surface area contributed by atoms with Gasteiger partial charge in [0.25, 0.3) is 0 Å². The van der Waals surface area contributed by atoms with Crippen LogP contribution in [0, 0.1) is 0 Å². The van der Waals surface area contributed by atoms with E-state index in [-0.39, 0.29) is 25.7 Å². The number of esters is 4. The summed E-state index contributed by atoms with van der Waals surface area (Å²) in [6.45, 7) is 4.86. The minimum absolute atomic E-state index is 0.0820. The first-order valence-electron chi connectivity index (χ1n) is 38.9. The summed E-state index contributed by atoms with van der Waals surface area (Å²) in [5, 5.41) is 10.6. The first-order chi connectivity index (χ1) is 46.7. The minimum atomic E-state index is -4.97. The Balaban J connectivity index is 5.33. The van der Waals surface area contributed by atoms with Crippen LogP contribution in [0.4, 0.5) is 0 Å². The van der Waals surface area contributed by atoms with Gasteiger partial charge in [0.1, 0.15) is 19.3 Å². The van der Waals surface area contributed by atoms with E-state index >= 15 is 0 Å². The zero-order valence-electron chi connectivity index (χ0n) is 61.3. The second-order valence-corrected chi connectivity index (χ2v) is 29.2. The number of aliphatic hydroxyl groups excluding tert-OH is 1. The number of unbranched alkanes of at least 4 members (excludes halogenated alkanes) is 40. The van der Waals surface area contributed by atoms with Crippen molar-refractivity contribution in [2.45, 2.75) is 380 Å². The maximum Gasteiger partial charge on any atom is 0.472 e. The zero-order valence-corrected chi connectivity index (χ0v) is 63.1. The van der Waals surface area contributed by atoms with E-state index in [9.17, 15) is 43.2 Å². The number of ether oxygens (including phenoxy) is 4. The molecule has 0 heterocycles. The molecule has 0 rings (SSSR count). The van der Waals surface area contributed by atoms with Crippen LogP contribution in [0.2, 0.25) is 0 Å². The van der Waals surface area contributed by atoms with E-state index in [0.29, 0.717) is 25.7 Å². The lowest BCUT2D eigenvalue weighted by atomic mass is 10.0. The van der Waals surface area contributed by atoms with Gasteiger partial charge in [0.15, 0.2) is 12.2 Å². The van der Waals surface area contributed by atoms with Crippen LogP contribution in [0.25, 0.3) is 0 Å². The smallest absolute Gasteiger partial charge is 0.462 e. The Labute approximate surface area is 585 Å². The molecular formula is C77H142O17P2. The maximum atomic E-state index is 13.1. The van der Waals surface area contributed by atoms with Crippen LogP contribution < -0.4 is 0 Å². The lowest BCUT2D eigenvalue weighted by Gasteiger charge is -2.21. The van der Waals surface area contributed by atoms with E-state index in [1.165, 1.54) is 141 Å². The van der Waals surface area contributed by atoms with Crippen LogP contribution in [0.3, 0.4) is 0 Å². The number of phosphoric acid groups is 2. The number of carbonyl (C=O) groups is 4. The van der Waals surface area contributed by atoms with Gasteiger partial charge >= 0.3 is 39.5 Å². The Kier molecular flexibility index (Phi) is 68.3. The van der Waals surface area contributed by atoms with E-state index in [4.69, 9.17) is 37.0 Å². The molecule has 0 saturated carbocycles. The third-order valence-electron chi connectivity index (χ3n) is 16.8. The number of hydrogen-bond acceptors (Lipinski definition) is 15. The molecule has 562 valence electrons. The number of carbonyl (C=O) groups excluding carboxylic acids is 4. The predicted molar refractivity (Wildman–Crippen MR) is 390 cm³/mol. The van der Waals surface area contributed by atoms with E-state index < -0.39 is 97.5 Å². The number of rotatable bonds is 74. The van der Waals surface area contributed by atoms with Crippen LogP contribution in [0.15, 0.2) is 48.6 Å². The molecule has 0 aliphatic carbocycles. The largest absolute Gasteiger partial charge is 0.472 e. The van der Waals surface area contributed by atoms with Crippen LogP contribution in [-0.4, -0.2) is 96.7 Å². The summed E-state index contributed by atoms with van der Waals surface area (Å²) in [6.07, 6.45) is 66.6. The van der Waals surface area contributed by atoms with Gasteiger partial charge in [-0.05, 0) is 109 Å². The quantitative estimate of drug-likeness (QED) is 0.0169. The Bertz CT molecular complexity index is 2010. The lowest BCUT2D eigenvalue weighted by Crippen LogP contribution is -2.30. The SMILES string of the molecule is CCCCC/C=C\C/C=C\CCCCCCCC(=O)O[C@H](COC(=O)CCCCCCC/C=C\CCCCCCCC)COP(=O)(O)OCC(O)COP(=O)(O)OC[C@@H](COC(=O)CCCCCCCCCCCCCCC)OC(=O)CCCCCCC/C=C\CCCCCC. The summed E-state index contributed by atoms with van der Waals surface area (Å²) in [7, 11) is -9.94. The highest BCUT2D eigenvalue weighted by atomic mass is 31.2. The summed E-state index contributed by atoms with van der Waals surface area (Å²) in [5.41, 5.74) is 0. The highest BCUT2D eigenvalue weighted by Gasteiger charge is 2.30. The normalized spacial score (nSPS) is 14.2. The van der Waals surface area contributed by atoms with Crippen molar-refractivity contribution < 1.29 is 80.2 Å².